The second-order valence-corrected chi connectivity index (χ2v) is 12.4. The first-order valence-corrected chi connectivity index (χ1v) is 16.2. The quantitative estimate of drug-likeness (QED) is 0.102. The van der Waals surface area contributed by atoms with Crippen LogP contribution in [-0.4, -0.2) is 16.8 Å². The van der Waals surface area contributed by atoms with E-state index in [9.17, 15) is 9.59 Å². The molecule has 0 unspecified atom stereocenters. The van der Waals surface area contributed by atoms with Crippen molar-refractivity contribution in [1.29, 1.82) is 0 Å². The molecule has 0 fully saturated rings. The number of benzene rings is 6. The van der Waals surface area contributed by atoms with Crippen LogP contribution in [0.2, 0.25) is 0 Å². The third kappa shape index (κ3) is 6.90. The molecule has 0 bridgehead atoms. The lowest BCUT2D eigenvalue weighted by Crippen LogP contribution is -2.13. The van der Waals surface area contributed by atoms with Crippen LogP contribution in [0.5, 0.6) is 0 Å². The molecule has 0 aliphatic rings. The molecule has 1 heterocycles. The van der Waals surface area contributed by atoms with Crippen molar-refractivity contribution in [2.24, 2.45) is 0 Å². The predicted molar refractivity (Wildman–Crippen MR) is 202 cm³/mol. The van der Waals surface area contributed by atoms with E-state index in [0.29, 0.717) is 39.6 Å². The molecule has 7 rings (SSSR count). The van der Waals surface area contributed by atoms with Crippen LogP contribution < -0.4 is 32.7 Å². The number of nitrogens with zero attached hydrogens (tertiary/aromatic N) is 2. The van der Waals surface area contributed by atoms with E-state index in [4.69, 9.17) is 22.2 Å². The normalized spacial score (nSPS) is 10.9. The standard InChI is InChI=1S/C39H31N7O2S/c40-28-8-1-24(2-9-28)27-7-22-35-36(23-27)49-39(45-35)46(33-18-14-31(15-19-33)43-37(47)25-3-10-29(41)11-4-25)34-20-16-32(17-21-34)44-38(48)26-5-12-30(42)13-6-26/h1-23H,40-42H2,(H,43,47)(H,44,48). The van der Waals surface area contributed by atoms with E-state index in [1.54, 1.807) is 59.9 Å². The van der Waals surface area contributed by atoms with E-state index in [2.05, 4.69) is 22.8 Å². The van der Waals surface area contributed by atoms with Crippen LogP contribution >= 0.6 is 11.3 Å². The smallest absolute Gasteiger partial charge is 0.255 e. The second kappa shape index (κ2) is 13.2. The van der Waals surface area contributed by atoms with Crippen molar-refractivity contribution in [3.8, 4) is 11.1 Å². The Morgan fingerprint density at radius 2 is 0.959 bits per heavy atom. The van der Waals surface area contributed by atoms with Gasteiger partial charge >= 0.3 is 0 Å². The first-order valence-electron chi connectivity index (χ1n) is 15.4. The van der Waals surface area contributed by atoms with E-state index in [1.807, 2.05) is 83.8 Å². The van der Waals surface area contributed by atoms with Crippen molar-refractivity contribution < 1.29 is 9.59 Å². The topological polar surface area (TPSA) is 152 Å². The first-order chi connectivity index (χ1) is 23.8. The lowest BCUT2D eigenvalue weighted by molar-refractivity contribution is 0.101. The summed E-state index contributed by atoms with van der Waals surface area (Å²) in [6, 6.07) is 42.7. The maximum Gasteiger partial charge on any atom is 0.255 e. The molecule has 0 aliphatic heterocycles. The predicted octanol–water partition coefficient (Wildman–Crippen LogP) is 8.68. The number of anilines is 8. The van der Waals surface area contributed by atoms with Crippen molar-refractivity contribution in [3.05, 3.63) is 151 Å². The van der Waals surface area contributed by atoms with Gasteiger partial charge in [0.25, 0.3) is 11.8 Å². The summed E-state index contributed by atoms with van der Waals surface area (Å²) in [4.78, 5) is 32.7. The Kier molecular flexibility index (Phi) is 8.36. The highest BCUT2D eigenvalue weighted by atomic mass is 32.1. The molecule has 0 spiro atoms. The van der Waals surface area contributed by atoms with Crippen LogP contribution in [0, 0.1) is 0 Å². The number of hydrogen-bond acceptors (Lipinski definition) is 8. The number of amides is 2. The van der Waals surface area contributed by atoms with E-state index in [1.165, 1.54) is 0 Å². The highest BCUT2D eigenvalue weighted by Gasteiger charge is 2.18. The summed E-state index contributed by atoms with van der Waals surface area (Å²) in [5, 5.41) is 6.64. The summed E-state index contributed by atoms with van der Waals surface area (Å²) >= 11 is 1.56. The molecular weight excluding hydrogens is 631 g/mol. The fraction of sp³-hybridized carbons (Fsp3) is 0. The van der Waals surface area contributed by atoms with Crippen LogP contribution in [0.3, 0.4) is 0 Å². The Labute approximate surface area is 286 Å². The minimum Gasteiger partial charge on any atom is -0.399 e. The highest BCUT2D eigenvalue weighted by molar-refractivity contribution is 7.22. The lowest BCUT2D eigenvalue weighted by Gasteiger charge is -2.23. The van der Waals surface area contributed by atoms with Gasteiger partial charge in [0.05, 0.1) is 10.2 Å². The molecule has 0 atom stereocenters. The van der Waals surface area contributed by atoms with Crippen molar-refractivity contribution in [2.75, 3.05) is 32.7 Å². The Balaban J connectivity index is 1.20. The van der Waals surface area contributed by atoms with Gasteiger partial charge in [0.1, 0.15) is 0 Å². The fourth-order valence-corrected chi connectivity index (χ4v) is 6.34. The molecule has 240 valence electrons. The number of thiazole rings is 1. The van der Waals surface area contributed by atoms with Gasteiger partial charge in [-0.25, -0.2) is 4.98 Å². The van der Waals surface area contributed by atoms with Crippen molar-refractivity contribution in [2.45, 2.75) is 0 Å². The van der Waals surface area contributed by atoms with Gasteiger partial charge in [0.2, 0.25) is 0 Å². The Morgan fingerprint density at radius 1 is 0.531 bits per heavy atom. The Hall–Kier alpha value is -6.65. The first kappa shape index (κ1) is 31.0. The van der Waals surface area contributed by atoms with Gasteiger partial charge in [-0.05, 0) is 132 Å². The Bertz CT molecular complexity index is 2160. The summed E-state index contributed by atoms with van der Waals surface area (Å²) in [5.41, 5.74) is 26.3. The number of nitrogens with two attached hydrogens (primary N) is 3. The fourth-order valence-electron chi connectivity index (χ4n) is 5.30. The molecule has 0 aliphatic carbocycles. The zero-order chi connectivity index (χ0) is 33.9. The van der Waals surface area contributed by atoms with Crippen LogP contribution in [0.4, 0.5) is 44.9 Å². The molecule has 2 amide bonds. The summed E-state index contributed by atoms with van der Waals surface area (Å²) in [7, 11) is 0. The van der Waals surface area contributed by atoms with Gasteiger partial charge < -0.3 is 27.8 Å². The van der Waals surface area contributed by atoms with Crippen LogP contribution in [-0.2, 0) is 0 Å². The van der Waals surface area contributed by atoms with Crippen molar-refractivity contribution in [1.82, 2.24) is 4.98 Å². The van der Waals surface area contributed by atoms with Crippen LogP contribution in [0.25, 0.3) is 21.3 Å². The van der Waals surface area contributed by atoms with Crippen molar-refractivity contribution >= 4 is 78.3 Å². The second-order valence-electron chi connectivity index (χ2n) is 11.4. The van der Waals surface area contributed by atoms with Gasteiger partial charge in [-0.1, -0.05) is 29.5 Å². The summed E-state index contributed by atoms with van der Waals surface area (Å²) in [5.74, 6) is -0.464. The number of rotatable bonds is 8. The van der Waals surface area contributed by atoms with Crippen LogP contribution in [0.1, 0.15) is 20.7 Å². The average molecular weight is 662 g/mol. The van der Waals surface area contributed by atoms with E-state index >= 15 is 0 Å². The molecule has 9 nitrogen and oxygen atoms in total. The number of carbonyl (C=O) groups is 2. The minimum absolute atomic E-state index is 0.232. The van der Waals surface area contributed by atoms with Gasteiger partial charge in [0, 0.05) is 50.9 Å². The zero-order valence-electron chi connectivity index (χ0n) is 26.1. The maximum atomic E-state index is 12.8. The molecule has 49 heavy (non-hydrogen) atoms. The summed E-state index contributed by atoms with van der Waals surface area (Å²) in [6.45, 7) is 0. The molecular formula is C39H31N7O2S. The van der Waals surface area contributed by atoms with E-state index in [0.717, 1.165) is 37.8 Å². The molecule has 10 heteroatoms. The molecule has 6 aromatic carbocycles. The molecule has 0 radical (unpaired) electrons. The molecule has 8 N–H and O–H groups in total. The van der Waals surface area contributed by atoms with E-state index < -0.39 is 0 Å². The zero-order valence-corrected chi connectivity index (χ0v) is 26.9. The average Bonchev–Trinajstić information content (AvgIpc) is 3.53. The van der Waals surface area contributed by atoms with Crippen LogP contribution in [0.15, 0.2) is 140 Å². The lowest BCUT2D eigenvalue weighted by atomic mass is 10.1. The molecule has 1 aromatic heterocycles. The third-order valence-electron chi connectivity index (χ3n) is 7.92. The molecule has 0 saturated carbocycles. The molecule has 7 aromatic rings. The van der Waals surface area contributed by atoms with Gasteiger partial charge in [0.15, 0.2) is 5.13 Å². The number of aromatic nitrogens is 1. The summed E-state index contributed by atoms with van der Waals surface area (Å²) in [6.07, 6.45) is 0. The van der Waals surface area contributed by atoms with Crippen molar-refractivity contribution in [3.63, 3.8) is 0 Å². The summed E-state index contributed by atoms with van der Waals surface area (Å²) < 4.78 is 1.02. The van der Waals surface area contributed by atoms with Gasteiger partial charge in [-0.3, -0.25) is 14.5 Å². The monoisotopic (exact) mass is 661 g/mol. The maximum absolute atomic E-state index is 12.8. The Morgan fingerprint density at radius 3 is 1.43 bits per heavy atom. The third-order valence-corrected chi connectivity index (χ3v) is 8.93. The highest BCUT2D eigenvalue weighted by Crippen LogP contribution is 2.41. The number of hydrogen-bond donors (Lipinski definition) is 5. The number of carbonyl (C=O) groups excluding carboxylic acids is 2. The number of nitrogens with one attached hydrogen (secondary N) is 2. The van der Waals surface area contributed by atoms with Gasteiger partial charge in [-0.15, -0.1) is 0 Å². The number of nitrogen functional groups attached to an aromatic ring is 3. The molecule has 0 saturated heterocycles. The largest absolute Gasteiger partial charge is 0.399 e. The SMILES string of the molecule is Nc1ccc(C(=O)Nc2ccc(N(c3ccc(NC(=O)c4ccc(N)cc4)cc3)c3nc4ccc(-c5ccc(N)cc5)cc4s3)cc2)cc1. The van der Waals surface area contributed by atoms with Gasteiger partial charge in [-0.2, -0.15) is 0 Å². The number of fused-ring (bicyclic) bond motifs is 1. The minimum atomic E-state index is -0.232. The van der Waals surface area contributed by atoms with E-state index in [-0.39, 0.29) is 11.8 Å².